The van der Waals surface area contributed by atoms with Crippen LogP contribution in [-0.4, -0.2) is 31.1 Å². The van der Waals surface area contributed by atoms with E-state index in [9.17, 15) is 4.39 Å². The SMILES string of the molecule is C=CCCCC[C@@H](c1ccc(Cl)cc1F)N1CCNCC1.Cl. The normalized spacial score (nSPS) is 16.8. The second kappa shape index (κ2) is 10.2. The number of unbranched alkanes of at least 4 members (excludes halogenated alkanes) is 2. The number of hydrogen-bond donors (Lipinski definition) is 1. The zero-order chi connectivity index (χ0) is 15.1. The number of piperazine rings is 1. The van der Waals surface area contributed by atoms with Crippen LogP contribution in [0.3, 0.4) is 0 Å². The summed E-state index contributed by atoms with van der Waals surface area (Å²) < 4.78 is 14.3. The summed E-state index contributed by atoms with van der Waals surface area (Å²) >= 11 is 5.88. The quantitative estimate of drug-likeness (QED) is 0.573. The Kier molecular flexibility index (Phi) is 9.03. The topological polar surface area (TPSA) is 15.3 Å². The maximum absolute atomic E-state index is 14.3. The Bertz CT molecular complexity index is 462. The first-order chi connectivity index (χ1) is 10.2. The van der Waals surface area contributed by atoms with E-state index >= 15 is 0 Å². The summed E-state index contributed by atoms with van der Waals surface area (Å²) in [6, 6.07) is 5.21. The van der Waals surface area contributed by atoms with Crippen molar-refractivity contribution in [2.45, 2.75) is 31.7 Å². The van der Waals surface area contributed by atoms with Gasteiger partial charge in [0, 0.05) is 42.8 Å². The molecule has 0 amide bonds. The molecule has 1 saturated heterocycles. The minimum Gasteiger partial charge on any atom is -0.314 e. The standard InChI is InChI=1S/C17H24ClFN2.ClH/c1-2-3-4-5-6-17(21-11-9-20-10-12-21)15-8-7-14(18)13-16(15)19;/h2,7-8,13,17,20H,1,3-6,9-12H2;1H/t17-;/m0./s1. The average molecular weight is 347 g/mol. The lowest BCUT2D eigenvalue weighted by Gasteiger charge is -2.35. The molecule has 1 aromatic carbocycles. The molecule has 0 aliphatic carbocycles. The predicted octanol–water partition coefficient (Wildman–Crippen LogP) is 4.59. The van der Waals surface area contributed by atoms with Crippen molar-refractivity contribution in [1.29, 1.82) is 0 Å². The summed E-state index contributed by atoms with van der Waals surface area (Å²) in [6.07, 6.45) is 6.15. The van der Waals surface area contributed by atoms with Crippen molar-refractivity contribution in [3.8, 4) is 0 Å². The fourth-order valence-corrected chi connectivity index (χ4v) is 3.09. The second-order valence-electron chi connectivity index (χ2n) is 5.54. The summed E-state index contributed by atoms with van der Waals surface area (Å²) in [5, 5.41) is 3.81. The smallest absolute Gasteiger partial charge is 0.129 e. The molecule has 1 aliphatic rings. The molecule has 0 aromatic heterocycles. The molecule has 0 bridgehead atoms. The first-order valence-corrected chi connectivity index (χ1v) is 8.11. The molecule has 124 valence electrons. The molecule has 1 N–H and O–H groups in total. The summed E-state index contributed by atoms with van der Waals surface area (Å²) in [6.45, 7) is 7.63. The van der Waals surface area contributed by atoms with E-state index in [1.165, 1.54) is 6.07 Å². The molecule has 0 spiro atoms. The Hall–Kier alpha value is -0.610. The van der Waals surface area contributed by atoms with E-state index in [4.69, 9.17) is 11.6 Å². The third-order valence-corrected chi connectivity index (χ3v) is 4.28. The van der Waals surface area contributed by atoms with Crippen LogP contribution in [0.1, 0.15) is 37.3 Å². The Morgan fingerprint density at radius 1 is 1.32 bits per heavy atom. The Morgan fingerprint density at radius 3 is 2.68 bits per heavy atom. The molecule has 2 nitrogen and oxygen atoms in total. The van der Waals surface area contributed by atoms with Crippen molar-refractivity contribution >= 4 is 24.0 Å². The van der Waals surface area contributed by atoms with Crippen LogP contribution in [0.25, 0.3) is 0 Å². The average Bonchev–Trinajstić information content (AvgIpc) is 2.49. The number of rotatable bonds is 7. The summed E-state index contributed by atoms with van der Waals surface area (Å²) in [5.74, 6) is -0.185. The van der Waals surface area contributed by atoms with E-state index in [1.54, 1.807) is 6.07 Å². The van der Waals surface area contributed by atoms with Gasteiger partial charge in [-0.2, -0.15) is 0 Å². The van der Waals surface area contributed by atoms with Crippen LogP contribution >= 0.6 is 24.0 Å². The van der Waals surface area contributed by atoms with Crippen molar-refractivity contribution in [3.63, 3.8) is 0 Å². The fraction of sp³-hybridized carbons (Fsp3) is 0.529. The molecule has 0 saturated carbocycles. The number of nitrogens with zero attached hydrogens (tertiary/aromatic N) is 1. The highest BCUT2D eigenvalue weighted by Crippen LogP contribution is 2.30. The third kappa shape index (κ3) is 5.54. The van der Waals surface area contributed by atoms with Crippen LogP contribution in [0.15, 0.2) is 30.9 Å². The van der Waals surface area contributed by atoms with Gasteiger partial charge < -0.3 is 5.32 Å². The van der Waals surface area contributed by atoms with Gasteiger partial charge in [-0.25, -0.2) is 4.39 Å². The molecule has 0 unspecified atom stereocenters. The van der Waals surface area contributed by atoms with E-state index in [0.717, 1.165) is 57.4 Å². The monoisotopic (exact) mass is 346 g/mol. The first-order valence-electron chi connectivity index (χ1n) is 7.73. The lowest BCUT2D eigenvalue weighted by Crippen LogP contribution is -2.45. The summed E-state index contributed by atoms with van der Waals surface area (Å²) in [5.41, 5.74) is 0.778. The van der Waals surface area contributed by atoms with Crippen molar-refractivity contribution in [2.75, 3.05) is 26.2 Å². The number of halogens is 3. The van der Waals surface area contributed by atoms with Crippen molar-refractivity contribution in [3.05, 3.63) is 47.3 Å². The predicted molar refractivity (Wildman–Crippen MR) is 94.5 cm³/mol. The molecule has 0 radical (unpaired) electrons. The lowest BCUT2D eigenvalue weighted by molar-refractivity contribution is 0.160. The molecular formula is C17H25Cl2FN2. The zero-order valence-corrected chi connectivity index (χ0v) is 14.4. The molecule has 1 fully saturated rings. The first kappa shape index (κ1) is 19.4. The molecule has 2 rings (SSSR count). The lowest BCUT2D eigenvalue weighted by atomic mass is 9.97. The molecule has 1 aliphatic heterocycles. The van der Waals surface area contributed by atoms with Crippen molar-refractivity contribution in [1.82, 2.24) is 10.2 Å². The summed E-state index contributed by atoms with van der Waals surface area (Å²) in [7, 11) is 0. The Balaban J connectivity index is 0.00000242. The second-order valence-corrected chi connectivity index (χ2v) is 5.98. The molecular weight excluding hydrogens is 322 g/mol. The highest BCUT2D eigenvalue weighted by Gasteiger charge is 2.24. The van der Waals surface area contributed by atoms with Crippen LogP contribution in [-0.2, 0) is 0 Å². The van der Waals surface area contributed by atoms with Gasteiger partial charge in [0.1, 0.15) is 5.82 Å². The molecule has 1 heterocycles. The molecule has 5 heteroatoms. The van der Waals surface area contributed by atoms with Gasteiger partial charge in [0.15, 0.2) is 0 Å². The third-order valence-electron chi connectivity index (χ3n) is 4.05. The number of nitrogens with one attached hydrogen (secondary N) is 1. The van der Waals surface area contributed by atoms with Gasteiger partial charge in [-0.1, -0.05) is 30.2 Å². The number of allylic oxidation sites excluding steroid dienone is 1. The number of benzene rings is 1. The van der Waals surface area contributed by atoms with Gasteiger partial charge in [-0.15, -0.1) is 19.0 Å². The Morgan fingerprint density at radius 2 is 2.05 bits per heavy atom. The largest absolute Gasteiger partial charge is 0.314 e. The van der Waals surface area contributed by atoms with Crippen LogP contribution in [0.5, 0.6) is 0 Å². The maximum atomic E-state index is 14.3. The fourth-order valence-electron chi connectivity index (χ4n) is 2.93. The van der Waals surface area contributed by atoms with Crippen molar-refractivity contribution in [2.24, 2.45) is 0 Å². The molecule has 1 atom stereocenters. The van der Waals surface area contributed by atoms with E-state index in [1.807, 2.05) is 12.1 Å². The molecule has 1 aromatic rings. The van der Waals surface area contributed by atoms with Crippen molar-refractivity contribution < 1.29 is 4.39 Å². The van der Waals surface area contributed by atoms with E-state index in [0.29, 0.717) is 5.02 Å². The minimum absolute atomic E-state index is 0. The van der Waals surface area contributed by atoms with Crippen LogP contribution < -0.4 is 5.32 Å². The van der Waals surface area contributed by atoms with Gasteiger partial charge in [0.25, 0.3) is 0 Å². The highest BCUT2D eigenvalue weighted by molar-refractivity contribution is 6.30. The highest BCUT2D eigenvalue weighted by atomic mass is 35.5. The van der Waals surface area contributed by atoms with Gasteiger partial charge in [0.05, 0.1) is 0 Å². The van der Waals surface area contributed by atoms with Crippen LogP contribution in [0.2, 0.25) is 5.02 Å². The van der Waals surface area contributed by atoms with Gasteiger partial charge in [-0.05, 0) is 31.4 Å². The van der Waals surface area contributed by atoms with E-state index in [2.05, 4.69) is 16.8 Å². The summed E-state index contributed by atoms with van der Waals surface area (Å²) in [4.78, 5) is 2.39. The molecule has 22 heavy (non-hydrogen) atoms. The minimum atomic E-state index is -0.185. The zero-order valence-electron chi connectivity index (χ0n) is 12.9. The van der Waals surface area contributed by atoms with Crippen LogP contribution in [0, 0.1) is 5.82 Å². The van der Waals surface area contributed by atoms with Gasteiger partial charge in [0.2, 0.25) is 0 Å². The van der Waals surface area contributed by atoms with Gasteiger partial charge >= 0.3 is 0 Å². The van der Waals surface area contributed by atoms with E-state index in [-0.39, 0.29) is 24.3 Å². The van der Waals surface area contributed by atoms with Crippen LogP contribution in [0.4, 0.5) is 4.39 Å². The van der Waals surface area contributed by atoms with Gasteiger partial charge in [-0.3, -0.25) is 4.90 Å². The number of hydrogen-bond acceptors (Lipinski definition) is 2. The van der Waals surface area contributed by atoms with E-state index < -0.39 is 0 Å². The Labute approximate surface area is 144 Å². The maximum Gasteiger partial charge on any atom is 0.129 e.